The predicted octanol–water partition coefficient (Wildman–Crippen LogP) is 4.25. The zero-order chi connectivity index (χ0) is 17.4. The molecule has 0 amide bonds. The molecule has 0 radical (unpaired) electrons. The summed E-state index contributed by atoms with van der Waals surface area (Å²) in [5.41, 5.74) is 2.42. The topological polar surface area (TPSA) is 24.9 Å². The van der Waals surface area contributed by atoms with Gasteiger partial charge in [0, 0.05) is 13.1 Å². The monoisotopic (exact) mass is 400 g/mol. The van der Waals surface area contributed by atoms with Crippen LogP contribution in [0.5, 0.6) is 5.75 Å². The maximum Gasteiger partial charge on any atom is 0.136 e. The van der Waals surface area contributed by atoms with E-state index in [-0.39, 0.29) is 31.0 Å². The first kappa shape index (κ1) is 24.7. The van der Waals surface area contributed by atoms with Crippen LogP contribution in [0.25, 0.3) is 0 Å². The average molecular weight is 401 g/mol. The van der Waals surface area contributed by atoms with Crippen LogP contribution in [0.4, 0.5) is 0 Å². The van der Waals surface area contributed by atoms with Crippen LogP contribution in [0.15, 0.2) is 54.6 Å². The second kappa shape index (κ2) is 13.0. The van der Waals surface area contributed by atoms with Crippen LogP contribution >= 0.6 is 24.8 Å². The number of hydrogen-bond acceptors (Lipinski definition) is 4. The standard InChI is InChI=1S/C20H28N2O2.2ClH/c1-21(2)20(18-11-8-12-19(15-18)23-4)24-14-13-22(3)16-17-9-6-5-7-10-17;;/h5-12,15,20H,13-14,16H2,1-4H3;2*1H. The van der Waals surface area contributed by atoms with Crippen LogP contribution < -0.4 is 4.74 Å². The molecule has 1 unspecified atom stereocenters. The highest BCUT2D eigenvalue weighted by molar-refractivity contribution is 5.85. The summed E-state index contributed by atoms with van der Waals surface area (Å²) in [6, 6.07) is 18.5. The van der Waals surface area contributed by atoms with Crippen molar-refractivity contribution in [2.75, 3.05) is 41.4 Å². The lowest BCUT2D eigenvalue weighted by molar-refractivity contribution is -0.0443. The molecular formula is C20H30Cl2N2O2. The summed E-state index contributed by atoms with van der Waals surface area (Å²) in [4.78, 5) is 4.35. The van der Waals surface area contributed by atoms with Gasteiger partial charge in [-0.3, -0.25) is 9.80 Å². The quantitative estimate of drug-likeness (QED) is 0.587. The number of nitrogens with zero attached hydrogens (tertiary/aromatic N) is 2. The fraction of sp³-hybridized carbons (Fsp3) is 0.400. The number of rotatable bonds is 9. The molecule has 2 aromatic rings. The number of ether oxygens (including phenoxy) is 2. The normalized spacial score (nSPS) is 11.6. The Balaban J connectivity index is 0.00000312. The van der Waals surface area contributed by atoms with E-state index in [1.54, 1.807) is 7.11 Å². The van der Waals surface area contributed by atoms with Gasteiger partial charge < -0.3 is 9.47 Å². The van der Waals surface area contributed by atoms with Gasteiger partial charge in [0.25, 0.3) is 0 Å². The van der Waals surface area contributed by atoms with Gasteiger partial charge in [-0.25, -0.2) is 0 Å². The first-order valence-electron chi connectivity index (χ1n) is 8.24. The molecule has 0 fully saturated rings. The third-order valence-corrected chi connectivity index (χ3v) is 3.89. The summed E-state index contributed by atoms with van der Waals surface area (Å²) in [6.07, 6.45) is -0.0785. The Morgan fingerprint density at radius 2 is 1.62 bits per heavy atom. The van der Waals surface area contributed by atoms with E-state index in [9.17, 15) is 0 Å². The van der Waals surface area contributed by atoms with Crippen LogP contribution in [-0.2, 0) is 11.3 Å². The van der Waals surface area contributed by atoms with Gasteiger partial charge in [-0.15, -0.1) is 24.8 Å². The Morgan fingerprint density at radius 3 is 2.23 bits per heavy atom. The van der Waals surface area contributed by atoms with Crippen molar-refractivity contribution in [3.05, 3.63) is 65.7 Å². The van der Waals surface area contributed by atoms with Crippen LogP contribution in [0, 0.1) is 0 Å². The lowest BCUT2D eigenvalue weighted by atomic mass is 10.2. The van der Waals surface area contributed by atoms with E-state index >= 15 is 0 Å². The van der Waals surface area contributed by atoms with Crippen molar-refractivity contribution in [1.29, 1.82) is 0 Å². The van der Waals surface area contributed by atoms with E-state index in [1.807, 2.05) is 38.4 Å². The van der Waals surface area contributed by atoms with Gasteiger partial charge in [0.1, 0.15) is 12.0 Å². The summed E-state index contributed by atoms with van der Waals surface area (Å²) in [5.74, 6) is 0.851. The smallest absolute Gasteiger partial charge is 0.136 e. The molecule has 0 heterocycles. The highest BCUT2D eigenvalue weighted by Crippen LogP contribution is 2.23. The molecule has 0 spiro atoms. The van der Waals surface area contributed by atoms with Crippen LogP contribution in [0.3, 0.4) is 0 Å². The molecule has 2 rings (SSSR count). The van der Waals surface area contributed by atoms with Crippen LogP contribution in [-0.4, -0.2) is 51.2 Å². The van der Waals surface area contributed by atoms with Crippen molar-refractivity contribution < 1.29 is 9.47 Å². The third kappa shape index (κ3) is 7.94. The molecule has 0 aliphatic rings. The molecule has 0 aliphatic carbocycles. The van der Waals surface area contributed by atoms with Crippen molar-refractivity contribution >= 4 is 24.8 Å². The number of hydrogen-bond donors (Lipinski definition) is 0. The van der Waals surface area contributed by atoms with Gasteiger partial charge in [0.2, 0.25) is 0 Å². The highest BCUT2D eigenvalue weighted by atomic mass is 35.5. The number of likely N-dealkylation sites (N-methyl/N-ethyl adjacent to an activating group) is 1. The van der Waals surface area contributed by atoms with Crippen LogP contribution in [0.1, 0.15) is 17.4 Å². The Hall–Kier alpha value is -1.30. The first-order valence-corrected chi connectivity index (χ1v) is 8.24. The number of benzene rings is 2. The summed E-state index contributed by atoms with van der Waals surface area (Å²) < 4.78 is 11.4. The molecule has 2 aromatic carbocycles. The minimum absolute atomic E-state index is 0. The van der Waals surface area contributed by atoms with Gasteiger partial charge in [0.05, 0.1) is 13.7 Å². The Labute approximate surface area is 169 Å². The molecule has 4 nitrogen and oxygen atoms in total. The second-order valence-corrected chi connectivity index (χ2v) is 6.19. The summed E-state index contributed by atoms with van der Waals surface area (Å²) >= 11 is 0. The molecule has 6 heteroatoms. The zero-order valence-electron chi connectivity index (χ0n) is 15.9. The molecule has 146 valence electrons. The lowest BCUT2D eigenvalue weighted by Crippen LogP contribution is -2.28. The molecule has 0 bridgehead atoms. The van der Waals surface area contributed by atoms with E-state index in [1.165, 1.54) is 5.56 Å². The van der Waals surface area contributed by atoms with E-state index < -0.39 is 0 Å². The van der Waals surface area contributed by atoms with Crippen molar-refractivity contribution in [2.45, 2.75) is 12.8 Å². The summed E-state index contributed by atoms with van der Waals surface area (Å²) in [5, 5.41) is 0. The number of halogens is 2. The fourth-order valence-electron chi connectivity index (χ4n) is 2.63. The average Bonchev–Trinajstić information content (AvgIpc) is 2.59. The lowest BCUT2D eigenvalue weighted by Gasteiger charge is -2.26. The van der Waals surface area contributed by atoms with Crippen LogP contribution in [0.2, 0.25) is 0 Å². The van der Waals surface area contributed by atoms with E-state index in [0.29, 0.717) is 6.61 Å². The van der Waals surface area contributed by atoms with Gasteiger partial charge in [-0.05, 0) is 44.4 Å². The summed E-state index contributed by atoms with van der Waals surface area (Å²) in [7, 11) is 7.85. The first-order chi connectivity index (χ1) is 11.6. The maximum absolute atomic E-state index is 6.13. The number of methoxy groups -OCH3 is 1. The van der Waals surface area contributed by atoms with E-state index in [4.69, 9.17) is 9.47 Å². The minimum atomic E-state index is -0.0785. The molecule has 26 heavy (non-hydrogen) atoms. The van der Waals surface area contributed by atoms with Gasteiger partial charge >= 0.3 is 0 Å². The molecule has 0 aromatic heterocycles. The van der Waals surface area contributed by atoms with Gasteiger partial charge in [0.15, 0.2) is 0 Å². The van der Waals surface area contributed by atoms with Gasteiger partial charge in [-0.2, -0.15) is 0 Å². The van der Waals surface area contributed by atoms with Crippen molar-refractivity contribution in [3.8, 4) is 5.75 Å². The second-order valence-electron chi connectivity index (χ2n) is 6.19. The molecule has 0 saturated heterocycles. The SMILES string of the molecule is COc1cccc(C(OCCN(C)Cc2ccccc2)N(C)C)c1.Cl.Cl. The Morgan fingerprint density at radius 1 is 0.923 bits per heavy atom. The van der Waals surface area contributed by atoms with Crippen molar-refractivity contribution in [3.63, 3.8) is 0 Å². The van der Waals surface area contributed by atoms with Gasteiger partial charge in [-0.1, -0.05) is 42.5 Å². The third-order valence-electron chi connectivity index (χ3n) is 3.89. The molecule has 0 saturated carbocycles. The molecular weight excluding hydrogens is 371 g/mol. The molecule has 0 N–H and O–H groups in total. The summed E-state index contributed by atoms with van der Waals surface area (Å²) in [6.45, 7) is 2.47. The molecule has 0 aliphatic heterocycles. The largest absolute Gasteiger partial charge is 0.497 e. The Bertz CT molecular complexity index is 612. The molecule has 1 atom stereocenters. The predicted molar refractivity (Wildman–Crippen MR) is 113 cm³/mol. The van der Waals surface area contributed by atoms with E-state index in [2.05, 4.69) is 47.2 Å². The van der Waals surface area contributed by atoms with E-state index in [0.717, 1.165) is 24.4 Å². The highest BCUT2D eigenvalue weighted by Gasteiger charge is 2.15. The minimum Gasteiger partial charge on any atom is -0.497 e. The Kier molecular flexibility index (Phi) is 12.3. The zero-order valence-corrected chi connectivity index (χ0v) is 17.6. The maximum atomic E-state index is 6.13. The fourth-order valence-corrected chi connectivity index (χ4v) is 2.63. The van der Waals surface area contributed by atoms with Crippen molar-refractivity contribution in [2.24, 2.45) is 0 Å². The van der Waals surface area contributed by atoms with Crippen molar-refractivity contribution in [1.82, 2.24) is 9.80 Å².